The Hall–Kier alpha value is -1.28. The number of benzene rings is 1. The van der Waals surface area contributed by atoms with E-state index in [0.29, 0.717) is 5.75 Å². The van der Waals surface area contributed by atoms with Crippen LogP contribution in [0.2, 0.25) is 0 Å². The predicted octanol–water partition coefficient (Wildman–Crippen LogP) is 2.62. The molecule has 1 rings (SSSR count). The van der Waals surface area contributed by atoms with Crippen LogP contribution in [0.15, 0.2) is 36.9 Å². The molecule has 0 aliphatic rings. The first-order chi connectivity index (χ1) is 6.63. The van der Waals surface area contributed by atoms with Gasteiger partial charge in [0, 0.05) is 12.1 Å². The lowest BCUT2D eigenvalue weighted by molar-refractivity contribution is 0.471. The van der Waals surface area contributed by atoms with Gasteiger partial charge in [0.15, 0.2) is 0 Å². The molecule has 0 aromatic heterocycles. The summed E-state index contributed by atoms with van der Waals surface area (Å²) in [5.41, 5.74) is 1.08. The van der Waals surface area contributed by atoms with Crippen LogP contribution in [-0.4, -0.2) is 11.1 Å². The summed E-state index contributed by atoms with van der Waals surface area (Å²) in [5.74, 6) is 0.308. The van der Waals surface area contributed by atoms with Gasteiger partial charge in [0.2, 0.25) is 0 Å². The maximum Gasteiger partial charge on any atom is 0.115 e. The Kier molecular flexibility index (Phi) is 3.72. The van der Waals surface area contributed by atoms with Gasteiger partial charge in [-0.3, -0.25) is 0 Å². The minimum atomic E-state index is 0.218. The van der Waals surface area contributed by atoms with Crippen LogP contribution < -0.4 is 5.32 Å². The second kappa shape index (κ2) is 4.82. The smallest absolute Gasteiger partial charge is 0.115 e. The topological polar surface area (TPSA) is 32.3 Å². The molecular weight excluding hydrogens is 174 g/mol. The van der Waals surface area contributed by atoms with Gasteiger partial charge in [0.25, 0.3) is 0 Å². The summed E-state index contributed by atoms with van der Waals surface area (Å²) in [6.07, 6.45) is 1.86. The van der Waals surface area contributed by atoms with Crippen LogP contribution in [0, 0.1) is 0 Å². The monoisotopic (exact) mass is 191 g/mol. The molecule has 2 N–H and O–H groups in total. The average molecular weight is 191 g/mol. The van der Waals surface area contributed by atoms with Crippen LogP contribution >= 0.6 is 0 Å². The van der Waals surface area contributed by atoms with Crippen molar-refractivity contribution >= 4 is 0 Å². The SMILES string of the molecule is C=CC(C)NC(C)c1cccc(O)c1. The van der Waals surface area contributed by atoms with Crippen molar-refractivity contribution in [2.45, 2.75) is 25.9 Å². The van der Waals surface area contributed by atoms with E-state index in [1.165, 1.54) is 0 Å². The summed E-state index contributed by atoms with van der Waals surface area (Å²) in [6, 6.07) is 7.78. The van der Waals surface area contributed by atoms with Crippen LogP contribution in [0.3, 0.4) is 0 Å². The van der Waals surface area contributed by atoms with Gasteiger partial charge < -0.3 is 10.4 Å². The Labute approximate surface area is 85.3 Å². The van der Waals surface area contributed by atoms with Gasteiger partial charge in [-0.05, 0) is 31.5 Å². The second-order valence-electron chi connectivity index (χ2n) is 3.51. The second-order valence-corrected chi connectivity index (χ2v) is 3.51. The Balaban J connectivity index is 2.69. The molecule has 2 atom stereocenters. The van der Waals surface area contributed by atoms with Crippen LogP contribution in [-0.2, 0) is 0 Å². The van der Waals surface area contributed by atoms with Crippen molar-refractivity contribution in [3.05, 3.63) is 42.5 Å². The molecule has 0 aliphatic carbocycles. The zero-order valence-electron chi connectivity index (χ0n) is 8.70. The van der Waals surface area contributed by atoms with Crippen LogP contribution in [0.25, 0.3) is 0 Å². The Morgan fingerprint density at radius 3 is 2.71 bits per heavy atom. The third kappa shape index (κ3) is 2.89. The lowest BCUT2D eigenvalue weighted by Crippen LogP contribution is -2.26. The van der Waals surface area contributed by atoms with E-state index < -0.39 is 0 Å². The zero-order chi connectivity index (χ0) is 10.6. The number of phenolic OH excluding ortho intramolecular Hbond substituents is 1. The van der Waals surface area contributed by atoms with Crippen molar-refractivity contribution in [3.8, 4) is 5.75 Å². The molecule has 0 saturated heterocycles. The van der Waals surface area contributed by atoms with E-state index in [-0.39, 0.29) is 12.1 Å². The maximum absolute atomic E-state index is 9.31. The third-order valence-corrected chi connectivity index (χ3v) is 2.24. The van der Waals surface area contributed by atoms with Crippen LogP contribution in [0.5, 0.6) is 5.75 Å². The first kappa shape index (κ1) is 10.8. The molecule has 0 spiro atoms. The fourth-order valence-corrected chi connectivity index (χ4v) is 1.35. The fourth-order valence-electron chi connectivity index (χ4n) is 1.35. The Bertz CT molecular complexity index is 309. The normalized spacial score (nSPS) is 14.7. The molecule has 2 unspecified atom stereocenters. The summed E-state index contributed by atoms with van der Waals surface area (Å²) in [6.45, 7) is 7.83. The number of rotatable bonds is 4. The molecule has 0 radical (unpaired) electrons. The minimum absolute atomic E-state index is 0.218. The average Bonchev–Trinajstić information content (AvgIpc) is 2.17. The number of hydrogen-bond donors (Lipinski definition) is 2. The van der Waals surface area contributed by atoms with Crippen molar-refractivity contribution in [2.75, 3.05) is 0 Å². The van der Waals surface area contributed by atoms with E-state index in [1.807, 2.05) is 25.1 Å². The highest BCUT2D eigenvalue weighted by Crippen LogP contribution is 2.18. The van der Waals surface area contributed by atoms with Crippen molar-refractivity contribution in [1.82, 2.24) is 5.32 Å². The molecule has 2 heteroatoms. The van der Waals surface area contributed by atoms with E-state index in [0.717, 1.165) is 5.56 Å². The molecule has 0 amide bonds. The molecule has 0 aliphatic heterocycles. The number of hydrogen-bond acceptors (Lipinski definition) is 2. The van der Waals surface area contributed by atoms with Gasteiger partial charge in [-0.25, -0.2) is 0 Å². The van der Waals surface area contributed by atoms with E-state index in [1.54, 1.807) is 12.1 Å². The van der Waals surface area contributed by atoms with Crippen molar-refractivity contribution in [1.29, 1.82) is 0 Å². The maximum atomic E-state index is 9.31. The molecule has 2 nitrogen and oxygen atoms in total. The molecule has 0 fully saturated rings. The number of aromatic hydroxyl groups is 1. The summed E-state index contributed by atoms with van der Waals surface area (Å²) in [4.78, 5) is 0. The molecule has 1 aromatic carbocycles. The summed E-state index contributed by atoms with van der Waals surface area (Å²) in [7, 11) is 0. The van der Waals surface area contributed by atoms with Gasteiger partial charge in [-0.1, -0.05) is 18.2 Å². The first-order valence-electron chi connectivity index (χ1n) is 4.81. The van der Waals surface area contributed by atoms with Gasteiger partial charge in [0.1, 0.15) is 5.75 Å². The highest BCUT2D eigenvalue weighted by molar-refractivity contribution is 5.29. The minimum Gasteiger partial charge on any atom is -0.508 e. The lowest BCUT2D eigenvalue weighted by atomic mass is 10.1. The van der Waals surface area contributed by atoms with E-state index in [2.05, 4.69) is 18.8 Å². The summed E-state index contributed by atoms with van der Waals surface area (Å²) in [5, 5.41) is 12.6. The van der Waals surface area contributed by atoms with Crippen molar-refractivity contribution < 1.29 is 5.11 Å². The zero-order valence-corrected chi connectivity index (χ0v) is 8.70. The van der Waals surface area contributed by atoms with Crippen molar-refractivity contribution in [3.63, 3.8) is 0 Å². The molecule has 0 saturated carbocycles. The van der Waals surface area contributed by atoms with Crippen LogP contribution in [0.1, 0.15) is 25.5 Å². The van der Waals surface area contributed by atoms with E-state index in [9.17, 15) is 5.11 Å². The van der Waals surface area contributed by atoms with E-state index in [4.69, 9.17) is 0 Å². The molecule has 1 aromatic rings. The van der Waals surface area contributed by atoms with Crippen LogP contribution in [0.4, 0.5) is 0 Å². The van der Waals surface area contributed by atoms with Crippen molar-refractivity contribution in [2.24, 2.45) is 0 Å². The Morgan fingerprint density at radius 1 is 1.43 bits per heavy atom. The largest absolute Gasteiger partial charge is 0.508 e. The van der Waals surface area contributed by atoms with E-state index >= 15 is 0 Å². The molecule has 0 heterocycles. The summed E-state index contributed by atoms with van der Waals surface area (Å²) < 4.78 is 0. The first-order valence-corrected chi connectivity index (χ1v) is 4.81. The molecule has 0 bridgehead atoms. The predicted molar refractivity (Wildman–Crippen MR) is 59.3 cm³/mol. The van der Waals surface area contributed by atoms with Gasteiger partial charge in [-0.15, -0.1) is 6.58 Å². The van der Waals surface area contributed by atoms with Gasteiger partial charge in [-0.2, -0.15) is 0 Å². The lowest BCUT2D eigenvalue weighted by Gasteiger charge is -2.17. The molecular formula is C12H17NO. The Morgan fingerprint density at radius 2 is 2.14 bits per heavy atom. The van der Waals surface area contributed by atoms with Gasteiger partial charge >= 0.3 is 0 Å². The quantitative estimate of drug-likeness (QED) is 0.717. The highest BCUT2D eigenvalue weighted by atomic mass is 16.3. The standard InChI is InChI=1S/C12H17NO/c1-4-9(2)13-10(3)11-6-5-7-12(14)8-11/h4-10,13-14H,1H2,2-3H3. The molecule has 76 valence electrons. The number of nitrogens with one attached hydrogen (secondary N) is 1. The molecule has 14 heavy (non-hydrogen) atoms. The summed E-state index contributed by atoms with van der Waals surface area (Å²) >= 11 is 0. The van der Waals surface area contributed by atoms with Gasteiger partial charge in [0.05, 0.1) is 0 Å². The fraction of sp³-hybridized carbons (Fsp3) is 0.333. The number of phenols is 1. The highest BCUT2D eigenvalue weighted by Gasteiger charge is 2.06. The third-order valence-electron chi connectivity index (χ3n) is 2.24.